The second-order valence-electron chi connectivity index (χ2n) is 3.57. The maximum atomic E-state index is 13.3. The van der Waals surface area contributed by atoms with E-state index in [0.717, 1.165) is 11.6 Å². The lowest BCUT2D eigenvalue weighted by Gasteiger charge is -2.05. The number of carbonyl (C=O) groups excluding carboxylic acids is 1. The van der Waals surface area contributed by atoms with Gasteiger partial charge in [0.25, 0.3) is 5.91 Å². The van der Waals surface area contributed by atoms with E-state index < -0.39 is 11.7 Å². The number of nitrogens with one attached hydrogen (secondary N) is 2. The first-order valence-electron chi connectivity index (χ1n) is 5.05. The van der Waals surface area contributed by atoms with Gasteiger partial charge in [0.2, 0.25) is 0 Å². The number of phenolic OH excluding ortho intramolecular Hbond substituents is 1. The number of aromatic hydroxyl groups is 1. The van der Waals surface area contributed by atoms with Crippen molar-refractivity contribution in [3.05, 3.63) is 53.6 Å². The molecule has 0 radical (unpaired) electrons. The van der Waals surface area contributed by atoms with Crippen LogP contribution in [-0.4, -0.2) is 16.0 Å². The summed E-state index contributed by atoms with van der Waals surface area (Å²) < 4.78 is 13.3. The summed E-state index contributed by atoms with van der Waals surface area (Å²) in [4.78, 5) is 14.5. The molecule has 3 N–H and O–H groups in total. The number of hydrogen-bond acceptors (Lipinski definition) is 2. The molecule has 88 valence electrons. The lowest BCUT2D eigenvalue weighted by atomic mass is 10.2. The Labute approximate surface area is 97.1 Å². The van der Waals surface area contributed by atoms with E-state index in [9.17, 15) is 9.18 Å². The second kappa shape index (κ2) is 4.69. The molecule has 0 aliphatic heterocycles. The van der Waals surface area contributed by atoms with Gasteiger partial charge >= 0.3 is 0 Å². The molecule has 2 rings (SSSR count). The number of amides is 1. The molecule has 0 spiro atoms. The molecule has 0 atom stereocenters. The van der Waals surface area contributed by atoms with Gasteiger partial charge in [-0.05, 0) is 23.8 Å². The number of H-pyrrole nitrogens is 1. The van der Waals surface area contributed by atoms with Crippen molar-refractivity contribution >= 4 is 5.91 Å². The van der Waals surface area contributed by atoms with Crippen molar-refractivity contribution in [3.8, 4) is 5.75 Å². The van der Waals surface area contributed by atoms with Gasteiger partial charge in [-0.15, -0.1) is 0 Å². The first kappa shape index (κ1) is 11.2. The van der Waals surface area contributed by atoms with E-state index in [0.29, 0.717) is 6.54 Å². The van der Waals surface area contributed by atoms with E-state index in [1.165, 1.54) is 12.1 Å². The quantitative estimate of drug-likeness (QED) is 0.758. The molecule has 0 aliphatic carbocycles. The van der Waals surface area contributed by atoms with Gasteiger partial charge in [0.1, 0.15) is 11.6 Å². The minimum Gasteiger partial charge on any atom is -0.508 e. The highest BCUT2D eigenvalue weighted by Crippen LogP contribution is 2.14. The molecule has 0 saturated carbocycles. The summed E-state index contributed by atoms with van der Waals surface area (Å²) in [6, 6.07) is 5.24. The Balaban J connectivity index is 2.04. The van der Waals surface area contributed by atoms with Crippen LogP contribution in [0.2, 0.25) is 0 Å². The molecule has 0 saturated heterocycles. The minimum absolute atomic E-state index is 0.0849. The van der Waals surface area contributed by atoms with Crippen LogP contribution in [0.4, 0.5) is 4.39 Å². The summed E-state index contributed by atoms with van der Waals surface area (Å²) in [7, 11) is 0. The lowest BCUT2D eigenvalue weighted by Crippen LogP contribution is -2.23. The Bertz CT molecular complexity index is 523. The molecule has 1 aromatic carbocycles. The summed E-state index contributed by atoms with van der Waals surface area (Å²) in [6.45, 7) is 0.322. The first-order chi connectivity index (χ1) is 8.16. The molecule has 1 amide bonds. The van der Waals surface area contributed by atoms with Crippen molar-refractivity contribution in [2.75, 3.05) is 0 Å². The highest BCUT2D eigenvalue weighted by atomic mass is 19.1. The summed E-state index contributed by atoms with van der Waals surface area (Å²) in [6.07, 6.45) is 3.48. The molecule has 1 heterocycles. The molecular formula is C12H11FN2O2. The van der Waals surface area contributed by atoms with Crippen LogP contribution in [0.5, 0.6) is 5.75 Å². The van der Waals surface area contributed by atoms with Crippen molar-refractivity contribution in [2.45, 2.75) is 6.54 Å². The molecule has 1 aromatic heterocycles. The third-order valence-corrected chi connectivity index (χ3v) is 2.31. The van der Waals surface area contributed by atoms with E-state index in [1.807, 2.05) is 6.07 Å². The van der Waals surface area contributed by atoms with Crippen LogP contribution in [0.1, 0.15) is 15.9 Å². The van der Waals surface area contributed by atoms with Crippen LogP contribution < -0.4 is 5.32 Å². The molecule has 0 fully saturated rings. The average molecular weight is 234 g/mol. The van der Waals surface area contributed by atoms with Crippen molar-refractivity contribution in [1.29, 1.82) is 0 Å². The maximum absolute atomic E-state index is 13.3. The average Bonchev–Trinajstić information content (AvgIpc) is 2.78. The molecule has 4 nitrogen and oxygen atoms in total. The van der Waals surface area contributed by atoms with Crippen molar-refractivity contribution in [2.24, 2.45) is 0 Å². The SMILES string of the molecule is O=C(NCc1cc[nH]c1)c1ccc(O)cc1F. The number of aromatic amines is 1. The number of rotatable bonds is 3. The Morgan fingerprint density at radius 3 is 2.88 bits per heavy atom. The summed E-state index contributed by atoms with van der Waals surface area (Å²) in [5.74, 6) is -1.45. The summed E-state index contributed by atoms with van der Waals surface area (Å²) in [5.41, 5.74) is 0.816. The molecule has 0 unspecified atom stereocenters. The zero-order valence-electron chi connectivity index (χ0n) is 8.90. The number of carbonyl (C=O) groups is 1. The predicted octanol–water partition coefficient (Wildman–Crippen LogP) is 1.79. The molecule has 0 bridgehead atoms. The summed E-state index contributed by atoms with van der Waals surface area (Å²) in [5, 5.41) is 11.6. The normalized spacial score (nSPS) is 10.2. The molecular weight excluding hydrogens is 223 g/mol. The number of halogens is 1. The van der Waals surface area contributed by atoms with Crippen molar-refractivity contribution in [3.63, 3.8) is 0 Å². The summed E-state index contributed by atoms with van der Waals surface area (Å²) >= 11 is 0. The zero-order valence-corrected chi connectivity index (χ0v) is 8.90. The fraction of sp³-hybridized carbons (Fsp3) is 0.0833. The standard InChI is InChI=1S/C12H11FN2O2/c13-11-5-9(16)1-2-10(11)12(17)15-7-8-3-4-14-6-8/h1-6,14,16H,7H2,(H,15,17). The Kier molecular flexibility index (Phi) is 3.09. The molecule has 0 aliphatic rings. The van der Waals surface area contributed by atoms with Crippen LogP contribution in [-0.2, 0) is 6.54 Å². The fourth-order valence-electron chi connectivity index (χ4n) is 1.43. The Morgan fingerprint density at radius 2 is 2.24 bits per heavy atom. The van der Waals surface area contributed by atoms with E-state index in [1.54, 1.807) is 12.4 Å². The van der Waals surface area contributed by atoms with E-state index >= 15 is 0 Å². The van der Waals surface area contributed by atoms with E-state index in [2.05, 4.69) is 10.3 Å². The van der Waals surface area contributed by atoms with Crippen molar-refractivity contribution < 1.29 is 14.3 Å². The van der Waals surface area contributed by atoms with Crippen molar-refractivity contribution in [1.82, 2.24) is 10.3 Å². The fourth-order valence-corrected chi connectivity index (χ4v) is 1.43. The van der Waals surface area contributed by atoms with Crippen LogP contribution >= 0.6 is 0 Å². The highest BCUT2D eigenvalue weighted by Gasteiger charge is 2.11. The first-order valence-corrected chi connectivity index (χ1v) is 5.05. The lowest BCUT2D eigenvalue weighted by molar-refractivity contribution is 0.0947. The second-order valence-corrected chi connectivity index (χ2v) is 3.57. The Morgan fingerprint density at radius 1 is 1.41 bits per heavy atom. The topological polar surface area (TPSA) is 65.1 Å². The van der Waals surface area contributed by atoms with Gasteiger partial charge in [0, 0.05) is 25.0 Å². The zero-order chi connectivity index (χ0) is 12.3. The highest BCUT2D eigenvalue weighted by molar-refractivity contribution is 5.94. The smallest absolute Gasteiger partial charge is 0.254 e. The number of hydrogen-bond donors (Lipinski definition) is 3. The molecule has 2 aromatic rings. The van der Waals surface area contributed by atoms with Gasteiger partial charge in [-0.2, -0.15) is 0 Å². The van der Waals surface area contributed by atoms with Crippen LogP contribution in [0.25, 0.3) is 0 Å². The van der Waals surface area contributed by atoms with Crippen LogP contribution in [0, 0.1) is 5.82 Å². The largest absolute Gasteiger partial charge is 0.508 e. The maximum Gasteiger partial charge on any atom is 0.254 e. The van der Waals surface area contributed by atoms with Gasteiger partial charge in [0.05, 0.1) is 5.56 Å². The van der Waals surface area contributed by atoms with Crippen LogP contribution in [0.15, 0.2) is 36.7 Å². The third-order valence-electron chi connectivity index (χ3n) is 2.31. The number of aromatic nitrogens is 1. The van der Waals surface area contributed by atoms with Gasteiger partial charge in [0.15, 0.2) is 0 Å². The van der Waals surface area contributed by atoms with Gasteiger partial charge in [-0.1, -0.05) is 0 Å². The van der Waals surface area contributed by atoms with Gasteiger partial charge < -0.3 is 15.4 Å². The van der Waals surface area contributed by atoms with E-state index in [-0.39, 0.29) is 11.3 Å². The number of benzene rings is 1. The Hall–Kier alpha value is -2.30. The van der Waals surface area contributed by atoms with Gasteiger partial charge in [-0.3, -0.25) is 4.79 Å². The predicted molar refractivity (Wildman–Crippen MR) is 60.0 cm³/mol. The minimum atomic E-state index is -0.739. The molecule has 17 heavy (non-hydrogen) atoms. The van der Waals surface area contributed by atoms with E-state index in [4.69, 9.17) is 5.11 Å². The molecule has 5 heteroatoms. The van der Waals surface area contributed by atoms with Crippen LogP contribution in [0.3, 0.4) is 0 Å². The number of phenols is 1. The third kappa shape index (κ3) is 2.63. The monoisotopic (exact) mass is 234 g/mol. The van der Waals surface area contributed by atoms with Gasteiger partial charge in [-0.25, -0.2) is 4.39 Å².